The summed E-state index contributed by atoms with van der Waals surface area (Å²) in [5.74, 6) is 2.28. The van der Waals surface area contributed by atoms with E-state index >= 15 is 0 Å². The molecule has 0 unspecified atom stereocenters. The van der Waals surface area contributed by atoms with Crippen LogP contribution in [0.3, 0.4) is 0 Å². The Morgan fingerprint density at radius 1 is 1.14 bits per heavy atom. The summed E-state index contributed by atoms with van der Waals surface area (Å²) in [4.78, 5) is 4.81. The molecule has 0 saturated heterocycles. The van der Waals surface area contributed by atoms with E-state index in [1.165, 1.54) is 12.8 Å². The zero-order chi connectivity index (χ0) is 15.4. The molecule has 3 nitrogen and oxygen atoms in total. The Labute approximate surface area is 135 Å². The topological polar surface area (TPSA) is 43.8 Å². The first-order valence-electron chi connectivity index (χ1n) is 7.12. The molecule has 1 fully saturated rings. The Bertz CT molecular complexity index is 674. The molecule has 5 heteroatoms. The predicted octanol–water partition coefficient (Wildman–Crippen LogP) is 5.07. The fraction of sp³-hybridized carbons (Fsp3) is 0.438. The van der Waals surface area contributed by atoms with Crippen LogP contribution in [0.1, 0.15) is 45.4 Å². The third-order valence-corrected chi connectivity index (χ3v) is 4.12. The normalized spacial score (nSPS) is 15.5. The van der Waals surface area contributed by atoms with Gasteiger partial charge in [0, 0.05) is 27.1 Å². The van der Waals surface area contributed by atoms with E-state index in [2.05, 4.69) is 25.3 Å². The van der Waals surface area contributed by atoms with Crippen LogP contribution in [0.15, 0.2) is 18.2 Å². The number of hydrogen-bond donors (Lipinski definition) is 1. The number of halogens is 2. The molecule has 0 aliphatic heterocycles. The number of nitrogens with zero attached hydrogens (tertiary/aromatic N) is 2. The van der Waals surface area contributed by atoms with Crippen LogP contribution >= 0.6 is 23.2 Å². The van der Waals surface area contributed by atoms with Gasteiger partial charge in [-0.3, -0.25) is 0 Å². The summed E-state index contributed by atoms with van der Waals surface area (Å²) in [5, 5.41) is 1.19. The second kappa shape index (κ2) is 4.92. The molecule has 0 atom stereocenters. The van der Waals surface area contributed by atoms with Crippen LogP contribution in [0.25, 0.3) is 11.3 Å². The van der Waals surface area contributed by atoms with Gasteiger partial charge in [-0.15, -0.1) is 0 Å². The molecular weight excluding hydrogens is 305 g/mol. The molecule has 21 heavy (non-hydrogen) atoms. The number of nitrogen functional groups attached to an aromatic ring is 1. The molecule has 1 heterocycles. The maximum absolute atomic E-state index is 6.40. The number of benzene rings is 1. The van der Waals surface area contributed by atoms with E-state index in [1.807, 2.05) is 12.1 Å². The number of hydrogen-bond acceptors (Lipinski definition) is 2. The van der Waals surface area contributed by atoms with Gasteiger partial charge in [0.25, 0.3) is 0 Å². The molecule has 0 radical (unpaired) electrons. The average Bonchev–Trinajstić information content (AvgIpc) is 3.10. The number of nitrogens with two attached hydrogens (primary N) is 1. The van der Waals surface area contributed by atoms with E-state index in [1.54, 1.807) is 6.07 Å². The van der Waals surface area contributed by atoms with Gasteiger partial charge >= 0.3 is 0 Å². The molecule has 0 bridgehead atoms. The molecule has 3 rings (SSSR count). The van der Waals surface area contributed by atoms with Gasteiger partial charge in [0.05, 0.1) is 0 Å². The highest BCUT2D eigenvalue weighted by atomic mass is 35.5. The molecule has 2 aromatic rings. The minimum absolute atomic E-state index is 0.102. The van der Waals surface area contributed by atoms with Crippen molar-refractivity contribution in [1.82, 2.24) is 9.55 Å². The summed E-state index contributed by atoms with van der Waals surface area (Å²) in [5.41, 5.74) is 7.95. The summed E-state index contributed by atoms with van der Waals surface area (Å²) >= 11 is 12.2. The minimum atomic E-state index is -0.102. The van der Waals surface area contributed by atoms with Gasteiger partial charge in [-0.25, -0.2) is 4.98 Å². The second-order valence-corrected chi connectivity index (χ2v) is 7.52. The first kappa shape index (κ1) is 14.7. The summed E-state index contributed by atoms with van der Waals surface area (Å²) < 4.78 is 2.15. The largest absolute Gasteiger partial charge is 0.383 e. The van der Waals surface area contributed by atoms with Crippen LogP contribution < -0.4 is 5.73 Å². The quantitative estimate of drug-likeness (QED) is 0.838. The van der Waals surface area contributed by atoms with Crippen LogP contribution in [0.4, 0.5) is 5.82 Å². The molecule has 2 N–H and O–H groups in total. The zero-order valence-electron chi connectivity index (χ0n) is 12.5. The smallest absolute Gasteiger partial charge is 0.132 e. The zero-order valence-corrected chi connectivity index (χ0v) is 14.0. The Kier molecular flexibility index (Phi) is 3.45. The summed E-state index contributed by atoms with van der Waals surface area (Å²) in [6.07, 6.45) is 2.37. The lowest BCUT2D eigenvalue weighted by Gasteiger charge is -2.25. The van der Waals surface area contributed by atoms with Gasteiger partial charge in [-0.1, -0.05) is 23.2 Å². The van der Waals surface area contributed by atoms with Gasteiger partial charge in [0.1, 0.15) is 17.3 Å². The van der Waals surface area contributed by atoms with E-state index in [0.29, 0.717) is 21.8 Å². The maximum Gasteiger partial charge on any atom is 0.132 e. The lowest BCUT2D eigenvalue weighted by atomic mass is 10.1. The number of anilines is 1. The molecular formula is C16H19Cl2N3. The molecule has 1 aliphatic carbocycles. The lowest BCUT2D eigenvalue weighted by molar-refractivity contribution is 0.388. The third kappa shape index (κ3) is 2.77. The van der Waals surface area contributed by atoms with Gasteiger partial charge in [0.15, 0.2) is 0 Å². The van der Waals surface area contributed by atoms with Crippen LogP contribution in [0.2, 0.25) is 10.0 Å². The van der Waals surface area contributed by atoms with Crippen molar-refractivity contribution < 1.29 is 0 Å². The number of aromatic nitrogens is 2. The van der Waals surface area contributed by atoms with Crippen LogP contribution in [0.5, 0.6) is 0 Å². The van der Waals surface area contributed by atoms with Crippen LogP contribution in [-0.4, -0.2) is 9.55 Å². The van der Waals surface area contributed by atoms with Gasteiger partial charge in [-0.05, 0) is 51.8 Å². The molecule has 0 spiro atoms. The van der Waals surface area contributed by atoms with Crippen molar-refractivity contribution in [2.45, 2.75) is 45.1 Å². The van der Waals surface area contributed by atoms with Gasteiger partial charge in [0.2, 0.25) is 0 Å². The number of imidazole rings is 1. The summed E-state index contributed by atoms with van der Waals surface area (Å²) in [6.45, 7) is 6.43. The highest BCUT2D eigenvalue weighted by molar-refractivity contribution is 6.35. The van der Waals surface area contributed by atoms with E-state index in [4.69, 9.17) is 33.9 Å². The molecule has 0 amide bonds. The Balaban J connectivity index is 2.20. The molecule has 1 saturated carbocycles. The minimum Gasteiger partial charge on any atom is -0.383 e. The SMILES string of the molecule is CC(C)(C)n1c(C2CC2)nc(-c2cc(Cl)cc(Cl)c2)c1N. The standard InChI is InChI=1S/C16H19Cl2N3/c1-16(2,3)21-14(19)13(20-15(21)9-4-5-9)10-6-11(17)8-12(18)7-10/h6-9H,4-5,19H2,1-3H3. The van der Waals surface area contributed by atoms with E-state index < -0.39 is 0 Å². The Hall–Kier alpha value is -1.19. The first-order valence-corrected chi connectivity index (χ1v) is 7.88. The third-order valence-electron chi connectivity index (χ3n) is 3.69. The molecule has 1 aliphatic rings. The van der Waals surface area contributed by atoms with Crippen LogP contribution in [0, 0.1) is 0 Å². The van der Waals surface area contributed by atoms with Crippen LogP contribution in [-0.2, 0) is 5.54 Å². The molecule has 1 aromatic heterocycles. The van der Waals surface area contributed by atoms with E-state index in [-0.39, 0.29) is 5.54 Å². The van der Waals surface area contributed by atoms with Gasteiger partial charge in [-0.2, -0.15) is 0 Å². The molecule has 1 aromatic carbocycles. The monoisotopic (exact) mass is 323 g/mol. The predicted molar refractivity (Wildman–Crippen MR) is 89.1 cm³/mol. The summed E-state index contributed by atoms with van der Waals surface area (Å²) in [6, 6.07) is 5.43. The fourth-order valence-electron chi connectivity index (χ4n) is 2.67. The highest BCUT2D eigenvalue weighted by Crippen LogP contribution is 2.44. The maximum atomic E-state index is 6.40. The highest BCUT2D eigenvalue weighted by Gasteiger charge is 2.34. The average molecular weight is 324 g/mol. The lowest BCUT2D eigenvalue weighted by Crippen LogP contribution is -2.25. The Morgan fingerprint density at radius 2 is 1.71 bits per heavy atom. The summed E-state index contributed by atoms with van der Waals surface area (Å²) in [7, 11) is 0. The Morgan fingerprint density at radius 3 is 2.19 bits per heavy atom. The van der Waals surface area contributed by atoms with Crippen molar-refractivity contribution in [3.8, 4) is 11.3 Å². The number of rotatable bonds is 2. The van der Waals surface area contributed by atoms with E-state index in [0.717, 1.165) is 17.1 Å². The van der Waals surface area contributed by atoms with Crippen molar-refractivity contribution >= 4 is 29.0 Å². The van der Waals surface area contributed by atoms with Crippen molar-refractivity contribution in [3.05, 3.63) is 34.1 Å². The van der Waals surface area contributed by atoms with E-state index in [9.17, 15) is 0 Å². The van der Waals surface area contributed by atoms with Crippen molar-refractivity contribution in [3.63, 3.8) is 0 Å². The van der Waals surface area contributed by atoms with Crippen molar-refractivity contribution in [1.29, 1.82) is 0 Å². The molecule has 112 valence electrons. The van der Waals surface area contributed by atoms with Crippen molar-refractivity contribution in [2.75, 3.05) is 5.73 Å². The van der Waals surface area contributed by atoms with Gasteiger partial charge < -0.3 is 10.3 Å². The van der Waals surface area contributed by atoms with Crippen molar-refractivity contribution in [2.24, 2.45) is 0 Å². The first-order chi connectivity index (χ1) is 9.77. The second-order valence-electron chi connectivity index (χ2n) is 6.64. The fourth-order valence-corrected chi connectivity index (χ4v) is 3.20.